The molecule has 8 heavy (non-hydrogen) atoms. The van der Waals surface area contributed by atoms with E-state index in [0.29, 0.717) is 18.4 Å². The largest absolute Gasteiger partial charge is 0.396 e. The van der Waals surface area contributed by atoms with Crippen molar-refractivity contribution in [3.8, 4) is 0 Å². The van der Waals surface area contributed by atoms with E-state index in [1.54, 1.807) is 0 Å². The van der Waals surface area contributed by atoms with Crippen LogP contribution in [0.15, 0.2) is 0 Å². The third-order valence-corrected chi connectivity index (χ3v) is 1.90. The minimum Gasteiger partial charge on any atom is -0.396 e. The lowest BCUT2D eigenvalue weighted by Gasteiger charge is -2.13. The Hall–Kier alpha value is -0.0400. The first-order valence-corrected chi connectivity index (χ1v) is 3.33. The van der Waals surface area contributed by atoms with Crippen molar-refractivity contribution < 1.29 is 5.11 Å². The standard InChI is InChI=1S/C7H16O/c1-4-6(2)7(3)5-8/h6-8H,4-5H2,1-3H3/t6-,7?/m0/s1. The monoisotopic (exact) mass is 116 g/mol. The maximum Gasteiger partial charge on any atom is 0.0459 e. The quantitative estimate of drug-likeness (QED) is 0.594. The van der Waals surface area contributed by atoms with Gasteiger partial charge in [-0.3, -0.25) is 0 Å². The summed E-state index contributed by atoms with van der Waals surface area (Å²) in [6.45, 7) is 6.72. The third kappa shape index (κ3) is 2.31. The van der Waals surface area contributed by atoms with Crippen LogP contribution in [-0.4, -0.2) is 11.7 Å². The van der Waals surface area contributed by atoms with Gasteiger partial charge in [-0.1, -0.05) is 27.2 Å². The second kappa shape index (κ2) is 3.90. The van der Waals surface area contributed by atoms with E-state index in [1.165, 1.54) is 6.42 Å². The van der Waals surface area contributed by atoms with Gasteiger partial charge < -0.3 is 5.11 Å². The fourth-order valence-corrected chi connectivity index (χ4v) is 0.582. The number of rotatable bonds is 3. The average molecular weight is 116 g/mol. The highest BCUT2D eigenvalue weighted by molar-refractivity contribution is 4.56. The Morgan fingerprint density at radius 2 is 1.75 bits per heavy atom. The van der Waals surface area contributed by atoms with Gasteiger partial charge in [-0.05, 0) is 11.8 Å². The van der Waals surface area contributed by atoms with Gasteiger partial charge in [0.25, 0.3) is 0 Å². The minimum atomic E-state index is 0.328. The Balaban J connectivity index is 3.29. The van der Waals surface area contributed by atoms with E-state index >= 15 is 0 Å². The van der Waals surface area contributed by atoms with Crippen LogP contribution in [0.1, 0.15) is 27.2 Å². The molecule has 0 bridgehead atoms. The molecule has 1 nitrogen and oxygen atoms in total. The Labute approximate surface area is 51.7 Å². The van der Waals surface area contributed by atoms with Crippen LogP contribution < -0.4 is 0 Å². The molecular weight excluding hydrogens is 100 g/mol. The summed E-state index contributed by atoms with van der Waals surface area (Å²) < 4.78 is 0. The summed E-state index contributed by atoms with van der Waals surface area (Å²) in [5.74, 6) is 1.14. The van der Waals surface area contributed by atoms with Gasteiger partial charge in [0.05, 0.1) is 0 Å². The summed E-state index contributed by atoms with van der Waals surface area (Å²) in [6.07, 6.45) is 1.17. The van der Waals surface area contributed by atoms with Crippen LogP contribution in [0.3, 0.4) is 0 Å². The van der Waals surface area contributed by atoms with Crippen molar-refractivity contribution in [3.63, 3.8) is 0 Å². The summed E-state index contributed by atoms with van der Waals surface area (Å²) in [5.41, 5.74) is 0. The Bertz CT molecular complexity index is 44.3. The zero-order chi connectivity index (χ0) is 6.57. The van der Waals surface area contributed by atoms with Gasteiger partial charge >= 0.3 is 0 Å². The van der Waals surface area contributed by atoms with Crippen molar-refractivity contribution in [2.75, 3.05) is 6.61 Å². The van der Waals surface area contributed by atoms with Crippen molar-refractivity contribution in [2.45, 2.75) is 27.2 Å². The van der Waals surface area contributed by atoms with Gasteiger partial charge in [0, 0.05) is 6.61 Å². The zero-order valence-electron chi connectivity index (χ0n) is 6.02. The molecule has 0 radical (unpaired) electrons. The molecule has 0 aliphatic rings. The lowest BCUT2D eigenvalue weighted by Crippen LogP contribution is -2.10. The molecule has 0 amide bonds. The van der Waals surface area contributed by atoms with Gasteiger partial charge in [0.2, 0.25) is 0 Å². The molecule has 0 heterocycles. The molecule has 0 aromatic heterocycles. The molecule has 1 unspecified atom stereocenters. The van der Waals surface area contributed by atoms with E-state index in [-0.39, 0.29) is 0 Å². The molecule has 2 atom stereocenters. The molecule has 1 N–H and O–H groups in total. The Morgan fingerprint density at radius 3 is 1.88 bits per heavy atom. The van der Waals surface area contributed by atoms with E-state index in [2.05, 4.69) is 20.8 Å². The molecule has 1 heteroatoms. The maximum atomic E-state index is 8.64. The first kappa shape index (κ1) is 7.96. The third-order valence-electron chi connectivity index (χ3n) is 1.90. The van der Waals surface area contributed by atoms with Crippen LogP contribution in [0.2, 0.25) is 0 Å². The summed E-state index contributed by atoms with van der Waals surface area (Å²) in [5, 5.41) is 8.64. The summed E-state index contributed by atoms with van der Waals surface area (Å²) >= 11 is 0. The second-order valence-corrected chi connectivity index (χ2v) is 2.55. The van der Waals surface area contributed by atoms with E-state index < -0.39 is 0 Å². The first-order chi connectivity index (χ1) is 3.72. The topological polar surface area (TPSA) is 20.2 Å². The molecular formula is C7H16O. The van der Waals surface area contributed by atoms with Crippen molar-refractivity contribution in [3.05, 3.63) is 0 Å². The number of hydrogen-bond acceptors (Lipinski definition) is 1. The zero-order valence-corrected chi connectivity index (χ0v) is 6.02. The summed E-state index contributed by atoms with van der Waals surface area (Å²) in [7, 11) is 0. The summed E-state index contributed by atoms with van der Waals surface area (Å²) in [6, 6.07) is 0. The Kier molecular flexibility index (Phi) is 3.88. The summed E-state index contributed by atoms with van der Waals surface area (Å²) in [4.78, 5) is 0. The van der Waals surface area contributed by atoms with Crippen LogP contribution >= 0.6 is 0 Å². The molecule has 0 aliphatic carbocycles. The molecule has 50 valence electrons. The number of aliphatic hydroxyl groups is 1. The predicted octanol–water partition coefficient (Wildman–Crippen LogP) is 1.66. The molecule has 0 fully saturated rings. The van der Waals surface area contributed by atoms with Crippen molar-refractivity contribution in [1.82, 2.24) is 0 Å². The minimum absolute atomic E-state index is 0.328. The highest BCUT2D eigenvalue weighted by Crippen LogP contribution is 2.12. The smallest absolute Gasteiger partial charge is 0.0459 e. The van der Waals surface area contributed by atoms with Gasteiger partial charge in [-0.2, -0.15) is 0 Å². The molecule has 0 aromatic rings. The van der Waals surface area contributed by atoms with Crippen LogP contribution in [0.4, 0.5) is 0 Å². The van der Waals surface area contributed by atoms with Crippen molar-refractivity contribution in [2.24, 2.45) is 11.8 Å². The second-order valence-electron chi connectivity index (χ2n) is 2.55. The lowest BCUT2D eigenvalue weighted by atomic mass is 9.95. The van der Waals surface area contributed by atoms with Crippen LogP contribution in [0.5, 0.6) is 0 Å². The normalized spacial score (nSPS) is 18.0. The fraction of sp³-hybridized carbons (Fsp3) is 1.00. The van der Waals surface area contributed by atoms with Crippen LogP contribution in [0.25, 0.3) is 0 Å². The fourth-order valence-electron chi connectivity index (χ4n) is 0.582. The molecule has 0 spiro atoms. The van der Waals surface area contributed by atoms with Gasteiger partial charge in [0.15, 0.2) is 0 Å². The predicted molar refractivity (Wildman–Crippen MR) is 35.7 cm³/mol. The molecule has 0 saturated heterocycles. The van der Waals surface area contributed by atoms with Crippen molar-refractivity contribution in [1.29, 1.82) is 0 Å². The average Bonchev–Trinajstić information content (AvgIpc) is 1.84. The number of aliphatic hydroxyl groups excluding tert-OH is 1. The van der Waals surface area contributed by atoms with Crippen molar-refractivity contribution >= 4 is 0 Å². The van der Waals surface area contributed by atoms with E-state index in [9.17, 15) is 0 Å². The highest BCUT2D eigenvalue weighted by Gasteiger charge is 2.06. The van der Waals surface area contributed by atoms with Crippen LogP contribution in [-0.2, 0) is 0 Å². The molecule has 0 saturated carbocycles. The van der Waals surface area contributed by atoms with Gasteiger partial charge in [-0.25, -0.2) is 0 Å². The van der Waals surface area contributed by atoms with E-state index in [1.807, 2.05) is 0 Å². The van der Waals surface area contributed by atoms with Gasteiger partial charge in [0.1, 0.15) is 0 Å². The first-order valence-electron chi connectivity index (χ1n) is 3.33. The molecule has 0 rings (SSSR count). The molecule has 0 aromatic carbocycles. The van der Waals surface area contributed by atoms with Crippen LogP contribution in [0, 0.1) is 11.8 Å². The molecule has 0 aliphatic heterocycles. The SMILES string of the molecule is CC[C@H](C)C(C)CO. The van der Waals surface area contributed by atoms with E-state index in [4.69, 9.17) is 5.11 Å². The lowest BCUT2D eigenvalue weighted by molar-refractivity contribution is 0.193. The number of hydrogen-bond donors (Lipinski definition) is 1. The van der Waals surface area contributed by atoms with E-state index in [0.717, 1.165) is 0 Å². The van der Waals surface area contributed by atoms with Gasteiger partial charge in [-0.15, -0.1) is 0 Å². The highest BCUT2D eigenvalue weighted by atomic mass is 16.3. The Morgan fingerprint density at radius 1 is 1.25 bits per heavy atom. The maximum absolute atomic E-state index is 8.64.